The first-order chi connectivity index (χ1) is 12.6. The van der Waals surface area contributed by atoms with Crippen LogP contribution in [0.5, 0.6) is 0 Å². The van der Waals surface area contributed by atoms with Crippen LogP contribution in [0, 0.1) is 5.41 Å². The predicted molar refractivity (Wildman–Crippen MR) is 111 cm³/mol. The Balaban J connectivity index is 1.90. The Labute approximate surface area is 166 Å². The number of carbonyl (C=O) groups is 1. The molecular formula is C22H27ClN2O2. The summed E-state index contributed by atoms with van der Waals surface area (Å²) < 4.78 is 4.89. The summed E-state index contributed by atoms with van der Waals surface area (Å²) in [6.07, 6.45) is 0.936. The second-order valence-corrected chi connectivity index (χ2v) is 8.85. The highest BCUT2D eigenvalue weighted by molar-refractivity contribution is 6.30. The number of rotatable bonds is 4. The lowest BCUT2D eigenvalue weighted by Gasteiger charge is -2.41. The highest BCUT2D eigenvalue weighted by Gasteiger charge is 2.36. The zero-order chi connectivity index (χ0) is 19.8. The molecule has 0 amide bonds. The molecule has 5 heteroatoms. The number of benzene rings is 2. The molecule has 0 radical (unpaired) electrons. The first-order valence-corrected chi connectivity index (χ1v) is 9.52. The lowest BCUT2D eigenvalue weighted by Crippen LogP contribution is -2.41. The Hall–Kier alpha value is -2.20. The van der Waals surface area contributed by atoms with Gasteiger partial charge in [-0.3, -0.25) is 0 Å². The van der Waals surface area contributed by atoms with Crippen LogP contribution in [-0.2, 0) is 16.0 Å². The second-order valence-electron chi connectivity index (χ2n) is 8.41. The summed E-state index contributed by atoms with van der Waals surface area (Å²) in [5, 5.41) is 7.72. The Morgan fingerprint density at radius 3 is 2.70 bits per heavy atom. The van der Waals surface area contributed by atoms with Crippen LogP contribution >= 0.6 is 11.6 Å². The van der Waals surface area contributed by atoms with Gasteiger partial charge in [0.25, 0.3) is 0 Å². The molecule has 2 aromatic carbocycles. The Morgan fingerprint density at radius 1 is 1.26 bits per heavy atom. The van der Waals surface area contributed by atoms with Crippen LogP contribution in [0.4, 0.5) is 11.4 Å². The molecule has 4 nitrogen and oxygen atoms in total. The van der Waals surface area contributed by atoms with Gasteiger partial charge >= 0.3 is 5.97 Å². The molecule has 0 saturated carbocycles. The van der Waals surface area contributed by atoms with E-state index in [-0.39, 0.29) is 17.4 Å². The van der Waals surface area contributed by atoms with Crippen molar-refractivity contribution in [1.29, 1.82) is 0 Å². The predicted octanol–water partition coefficient (Wildman–Crippen LogP) is 5.44. The third-order valence-electron chi connectivity index (χ3n) is 5.17. The minimum atomic E-state index is -0.799. The molecule has 0 saturated heterocycles. The van der Waals surface area contributed by atoms with Crippen molar-refractivity contribution in [1.82, 2.24) is 0 Å². The first kappa shape index (κ1) is 19.6. The zero-order valence-corrected chi connectivity index (χ0v) is 17.3. The molecule has 144 valence electrons. The fourth-order valence-electron chi connectivity index (χ4n) is 3.79. The van der Waals surface area contributed by atoms with Gasteiger partial charge in [-0.15, -0.1) is 0 Å². The van der Waals surface area contributed by atoms with E-state index in [1.165, 1.54) is 18.2 Å². The zero-order valence-electron chi connectivity index (χ0n) is 16.5. The fraction of sp³-hybridized carbons (Fsp3) is 0.409. The molecule has 2 aromatic rings. The molecule has 27 heavy (non-hydrogen) atoms. The highest BCUT2D eigenvalue weighted by Crippen LogP contribution is 2.45. The van der Waals surface area contributed by atoms with Crippen molar-refractivity contribution in [2.24, 2.45) is 5.41 Å². The molecule has 1 aliphatic heterocycles. The highest BCUT2D eigenvalue weighted by atomic mass is 35.5. The van der Waals surface area contributed by atoms with Crippen LogP contribution < -0.4 is 10.6 Å². The molecule has 3 rings (SSSR count). The standard InChI is InChI=1S/C22H27ClN2O2/c1-21(2)13-15-11-16(23)9-10-18(15)24-19(21)14-7-6-8-17(12-14)25-22(3,4)20(26)27-5/h6-12,19,24-25H,13H2,1-5H3. The monoisotopic (exact) mass is 386 g/mol. The van der Waals surface area contributed by atoms with Gasteiger partial charge in [0, 0.05) is 16.4 Å². The van der Waals surface area contributed by atoms with E-state index in [1.54, 1.807) is 0 Å². The van der Waals surface area contributed by atoms with Crippen molar-refractivity contribution >= 4 is 28.9 Å². The molecule has 1 heterocycles. The molecule has 0 aromatic heterocycles. The van der Waals surface area contributed by atoms with Crippen molar-refractivity contribution in [2.45, 2.75) is 45.7 Å². The molecule has 0 spiro atoms. The van der Waals surface area contributed by atoms with Gasteiger partial charge in [-0.1, -0.05) is 37.6 Å². The van der Waals surface area contributed by atoms with E-state index in [0.717, 1.165) is 22.8 Å². The number of methoxy groups -OCH3 is 1. The van der Waals surface area contributed by atoms with Crippen molar-refractivity contribution in [3.63, 3.8) is 0 Å². The van der Waals surface area contributed by atoms with Crippen molar-refractivity contribution in [2.75, 3.05) is 17.7 Å². The Morgan fingerprint density at radius 2 is 2.00 bits per heavy atom. The van der Waals surface area contributed by atoms with Crippen LogP contribution in [0.3, 0.4) is 0 Å². The average molecular weight is 387 g/mol. The maximum Gasteiger partial charge on any atom is 0.330 e. The number of anilines is 2. The second kappa shape index (κ2) is 7.08. The van der Waals surface area contributed by atoms with E-state index in [0.29, 0.717) is 0 Å². The van der Waals surface area contributed by atoms with E-state index < -0.39 is 5.54 Å². The van der Waals surface area contributed by atoms with Gasteiger partial charge < -0.3 is 15.4 Å². The minimum Gasteiger partial charge on any atom is -0.467 e. The Bertz CT molecular complexity index is 861. The summed E-state index contributed by atoms with van der Waals surface area (Å²) in [6.45, 7) is 8.14. The number of fused-ring (bicyclic) bond motifs is 1. The summed E-state index contributed by atoms with van der Waals surface area (Å²) in [6, 6.07) is 14.4. The molecule has 1 aliphatic rings. The SMILES string of the molecule is COC(=O)C(C)(C)Nc1cccc(C2Nc3ccc(Cl)cc3CC2(C)C)c1. The minimum absolute atomic E-state index is 0.00811. The summed E-state index contributed by atoms with van der Waals surface area (Å²) in [4.78, 5) is 12.0. The maximum absolute atomic E-state index is 12.0. The normalized spacial score (nSPS) is 18.2. The summed E-state index contributed by atoms with van der Waals surface area (Å²) in [5.41, 5.74) is 3.64. The number of ether oxygens (including phenoxy) is 1. The van der Waals surface area contributed by atoms with Gasteiger partial charge in [0.15, 0.2) is 0 Å². The Kier molecular flexibility index (Phi) is 5.13. The average Bonchev–Trinajstić information content (AvgIpc) is 2.59. The van der Waals surface area contributed by atoms with Gasteiger partial charge in [0.05, 0.1) is 13.2 Å². The molecule has 1 atom stereocenters. The van der Waals surface area contributed by atoms with E-state index in [1.807, 2.05) is 44.2 Å². The van der Waals surface area contributed by atoms with Gasteiger partial charge in [-0.05, 0) is 67.1 Å². The summed E-state index contributed by atoms with van der Waals surface area (Å²) >= 11 is 6.17. The summed E-state index contributed by atoms with van der Waals surface area (Å²) in [5.74, 6) is -0.296. The molecule has 0 aliphatic carbocycles. The number of halogens is 1. The van der Waals surface area contributed by atoms with Crippen LogP contribution in [0.15, 0.2) is 42.5 Å². The topological polar surface area (TPSA) is 50.4 Å². The van der Waals surface area contributed by atoms with Crippen LogP contribution in [0.2, 0.25) is 5.02 Å². The molecule has 1 unspecified atom stereocenters. The van der Waals surface area contributed by atoms with Gasteiger partial charge in [0.2, 0.25) is 0 Å². The fourth-order valence-corrected chi connectivity index (χ4v) is 3.99. The largest absolute Gasteiger partial charge is 0.467 e. The van der Waals surface area contributed by atoms with E-state index in [2.05, 4.69) is 36.6 Å². The lowest BCUT2D eigenvalue weighted by molar-refractivity contribution is -0.144. The number of hydrogen-bond acceptors (Lipinski definition) is 4. The van der Waals surface area contributed by atoms with Crippen molar-refractivity contribution < 1.29 is 9.53 Å². The van der Waals surface area contributed by atoms with Crippen LogP contribution in [0.1, 0.15) is 44.9 Å². The van der Waals surface area contributed by atoms with Crippen LogP contribution in [0.25, 0.3) is 0 Å². The molecular weight excluding hydrogens is 360 g/mol. The van der Waals surface area contributed by atoms with Crippen molar-refractivity contribution in [3.05, 3.63) is 58.6 Å². The number of hydrogen-bond donors (Lipinski definition) is 2. The maximum atomic E-state index is 12.0. The van der Waals surface area contributed by atoms with E-state index in [4.69, 9.17) is 16.3 Å². The molecule has 0 bridgehead atoms. The number of esters is 1. The van der Waals surface area contributed by atoms with E-state index in [9.17, 15) is 4.79 Å². The molecule has 2 N–H and O–H groups in total. The third-order valence-corrected chi connectivity index (χ3v) is 5.40. The third kappa shape index (κ3) is 4.06. The van der Waals surface area contributed by atoms with Crippen LogP contribution in [-0.4, -0.2) is 18.6 Å². The smallest absolute Gasteiger partial charge is 0.330 e. The van der Waals surface area contributed by atoms with Gasteiger partial charge in [0.1, 0.15) is 5.54 Å². The van der Waals surface area contributed by atoms with Gasteiger partial charge in [-0.2, -0.15) is 0 Å². The van der Waals surface area contributed by atoms with E-state index >= 15 is 0 Å². The number of carbonyl (C=O) groups excluding carboxylic acids is 1. The van der Waals surface area contributed by atoms with Crippen molar-refractivity contribution in [3.8, 4) is 0 Å². The summed E-state index contributed by atoms with van der Waals surface area (Å²) in [7, 11) is 1.40. The molecule has 0 fully saturated rings. The number of nitrogens with one attached hydrogen (secondary N) is 2. The lowest BCUT2D eigenvalue weighted by atomic mass is 9.73. The first-order valence-electron chi connectivity index (χ1n) is 9.14. The van der Waals surface area contributed by atoms with Gasteiger partial charge in [-0.25, -0.2) is 4.79 Å². The quantitative estimate of drug-likeness (QED) is 0.687.